The molecule has 0 spiro atoms. The van der Waals surface area contributed by atoms with Gasteiger partial charge in [-0.25, -0.2) is 4.98 Å². The van der Waals surface area contributed by atoms with E-state index in [2.05, 4.69) is 34.0 Å². The van der Waals surface area contributed by atoms with E-state index in [1.54, 1.807) is 18.4 Å². The third-order valence-corrected chi connectivity index (χ3v) is 6.13. The van der Waals surface area contributed by atoms with Gasteiger partial charge < -0.3 is 9.30 Å². The molecule has 1 aliphatic carbocycles. The third kappa shape index (κ3) is 2.40. The van der Waals surface area contributed by atoms with E-state index in [-0.39, 0.29) is 6.10 Å². The summed E-state index contributed by atoms with van der Waals surface area (Å²) in [5.74, 6) is 1.38. The lowest BCUT2D eigenvalue weighted by molar-refractivity contribution is 0.00917. The summed E-state index contributed by atoms with van der Waals surface area (Å²) < 4.78 is 9.30. The van der Waals surface area contributed by atoms with Gasteiger partial charge in [-0.1, -0.05) is 0 Å². The quantitative estimate of drug-likeness (QED) is 0.716. The molecule has 0 radical (unpaired) electrons. The molecule has 0 unspecified atom stereocenters. The number of pyridine rings is 1. The number of nitrogens with zero attached hydrogens (tertiary/aromatic N) is 4. The number of aryl methyl sites for hydroxylation is 1. The molecular weight excluding hydrogens is 320 g/mol. The van der Waals surface area contributed by atoms with Gasteiger partial charge in [0, 0.05) is 19.6 Å². The molecule has 3 atom stereocenters. The number of imidazole rings is 1. The molecule has 6 heteroatoms. The molecular formula is C18H20N4OS. The van der Waals surface area contributed by atoms with Crippen LogP contribution in [0.5, 0.6) is 0 Å². The summed E-state index contributed by atoms with van der Waals surface area (Å²) in [7, 11) is 1.76. The Morgan fingerprint density at radius 3 is 3.08 bits per heavy atom. The molecule has 3 aromatic rings. The Bertz CT molecular complexity index is 922. The molecule has 3 heterocycles. The van der Waals surface area contributed by atoms with Gasteiger partial charge >= 0.3 is 0 Å². The minimum Gasteiger partial charge on any atom is -0.381 e. The predicted molar refractivity (Wildman–Crippen MR) is 95.1 cm³/mol. The number of ether oxygens (including phenoxy) is 1. The van der Waals surface area contributed by atoms with Crippen LogP contribution in [0.2, 0.25) is 0 Å². The van der Waals surface area contributed by atoms with E-state index in [9.17, 15) is 0 Å². The third-order valence-electron chi connectivity index (χ3n) is 5.22. The first kappa shape index (κ1) is 15.6. The molecule has 0 bridgehead atoms. The first-order valence-corrected chi connectivity index (χ1v) is 9.21. The van der Waals surface area contributed by atoms with Crippen molar-refractivity contribution in [3.05, 3.63) is 23.5 Å². The maximum absolute atomic E-state index is 9.04. The topological polar surface area (TPSA) is 63.7 Å². The highest BCUT2D eigenvalue weighted by atomic mass is 32.1. The first-order chi connectivity index (χ1) is 11.7. The number of aromatic nitrogens is 3. The largest absolute Gasteiger partial charge is 0.381 e. The van der Waals surface area contributed by atoms with E-state index in [1.165, 1.54) is 10.2 Å². The number of rotatable bonds is 3. The van der Waals surface area contributed by atoms with Gasteiger partial charge in [-0.2, -0.15) is 5.26 Å². The fourth-order valence-corrected chi connectivity index (χ4v) is 4.97. The minimum atomic E-state index is 0.140. The molecule has 0 N–H and O–H groups in total. The fraction of sp³-hybridized carbons (Fsp3) is 0.500. The maximum atomic E-state index is 9.04. The Balaban J connectivity index is 1.78. The zero-order valence-corrected chi connectivity index (χ0v) is 14.7. The van der Waals surface area contributed by atoms with E-state index in [1.807, 2.05) is 6.20 Å². The molecule has 124 valence electrons. The van der Waals surface area contributed by atoms with Crippen LogP contribution in [0.1, 0.15) is 37.5 Å². The van der Waals surface area contributed by atoms with Crippen LogP contribution in [0.4, 0.5) is 0 Å². The molecule has 24 heavy (non-hydrogen) atoms. The summed E-state index contributed by atoms with van der Waals surface area (Å²) in [5.41, 5.74) is 3.21. The van der Waals surface area contributed by atoms with Crippen LogP contribution in [0.3, 0.4) is 0 Å². The Morgan fingerprint density at radius 2 is 2.29 bits per heavy atom. The van der Waals surface area contributed by atoms with Gasteiger partial charge in [-0.3, -0.25) is 4.98 Å². The van der Waals surface area contributed by atoms with Crippen molar-refractivity contribution in [3.8, 4) is 6.07 Å². The number of thiophene rings is 1. The lowest BCUT2D eigenvalue weighted by Crippen LogP contribution is -2.32. The first-order valence-electron chi connectivity index (χ1n) is 8.33. The van der Waals surface area contributed by atoms with Crippen molar-refractivity contribution in [1.82, 2.24) is 14.5 Å². The summed E-state index contributed by atoms with van der Waals surface area (Å²) in [6.07, 6.45) is 5.62. The normalized spacial score (nSPS) is 24.5. The van der Waals surface area contributed by atoms with Crippen molar-refractivity contribution in [2.45, 2.75) is 44.8 Å². The monoisotopic (exact) mass is 340 g/mol. The second-order valence-corrected chi connectivity index (χ2v) is 7.44. The van der Waals surface area contributed by atoms with E-state index in [4.69, 9.17) is 15.0 Å². The van der Waals surface area contributed by atoms with Gasteiger partial charge in [0.25, 0.3) is 0 Å². The molecule has 3 aromatic heterocycles. The Labute approximate surface area is 144 Å². The van der Waals surface area contributed by atoms with Gasteiger partial charge in [-0.15, -0.1) is 11.3 Å². The van der Waals surface area contributed by atoms with Crippen molar-refractivity contribution in [2.24, 2.45) is 5.92 Å². The average molecular weight is 340 g/mol. The summed E-state index contributed by atoms with van der Waals surface area (Å²) in [5, 5.41) is 11.1. The van der Waals surface area contributed by atoms with Crippen molar-refractivity contribution in [2.75, 3.05) is 7.11 Å². The number of nitriles is 1. The zero-order chi connectivity index (χ0) is 16.7. The van der Waals surface area contributed by atoms with Crippen LogP contribution in [0, 0.1) is 24.2 Å². The van der Waals surface area contributed by atoms with Crippen LogP contribution < -0.4 is 0 Å². The maximum Gasteiger partial charge on any atom is 0.109 e. The van der Waals surface area contributed by atoms with Crippen LogP contribution in [-0.2, 0) is 4.74 Å². The Hall–Kier alpha value is -1.97. The minimum absolute atomic E-state index is 0.140. The predicted octanol–water partition coefficient (Wildman–Crippen LogP) is 4.22. The van der Waals surface area contributed by atoms with Crippen LogP contribution in [-0.4, -0.2) is 27.7 Å². The van der Waals surface area contributed by atoms with Crippen molar-refractivity contribution >= 4 is 32.6 Å². The summed E-state index contributed by atoms with van der Waals surface area (Å²) in [4.78, 5) is 9.25. The summed E-state index contributed by atoms with van der Waals surface area (Å²) in [6, 6.07) is 4.73. The second-order valence-electron chi connectivity index (χ2n) is 6.52. The molecule has 1 fully saturated rings. The number of methoxy groups -OCH3 is 1. The molecule has 0 saturated heterocycles. The highest BCUT2D eigenvalue weighted by Gasteiger charge is 2.33. The van der Waals surface area contributed by atoms with Crippen molar-refractivity contribution in [3.63, 3.8) is 0 Å². The molecule has 4 rings (SSSR count). The Kier molecular flexibility index (Phi) is 3.99. The zero-order valence-electron chi connectivity index (χ0n) is 13.9. The average Bonchev–Trinajstić information content (AvgIpc) is 3.18. The van der Waals surface area contributed by atoms with Gasteiger partial charge in [0.05, 0.1) is 34.1 Å². The summed E-state index contributed by atoms with van der Waals surface area (Å²) >= 11 is 1.73. The van der Waals surface area contributed by atoms with Gasteiger partial charge in [0.2, 0.25) is 0 Å². The van der Waals surface area contributed by atoms with E-state index in [0.29, 0.717) is 18.4 Å². The van der Waals surface area contributed by atoms with E-state index >= 15 is 0 Å². The Morgan fingerprint density at radius 1 is 1.42 bits per heavy atom. The highest BCUT2D eigenvalue weighted by molar-refractivity contribution is 7.18. The van der Waals surface area contributed by atoms with Crippen molar-refractivity contribution < 1.29 is 4.74 Å². The van der Waals surface area contributed by atoms with E-state index in [0.717, 1.165) is 36.1 Å². The fourth-order valence-electron chi connectivity index (χ4n) is 4.09. The molecule has 1 aliphatic rings. The molecule has 5 nitrogen and oxygen atoms in total. The van der Waals surface area contributed by atoms with Crippen molar-refractivity contribution in [1.29, 1.82) is 5.26 Å². The van der Waals surface area contributed by atoms with E-state index < -0.39 is 0 Å². The molecule has 0 aromatic carbocycles. The highest BCUT2D eigenvalue weighted by Crippen LogP contribution is 2.39. The van der Waals surface area contributed by atoms with Crippen LogP contribution in [0.15, 0.2) is 17.6 Å². The smallest absolute Gasteiger partial charge is 0.109 e. The van der Waals surface area contributed by atoms with Gasteiger partial charge in [0.15, 0.2) is 0 Å². The van der Waals surface area contributed by atoms with Crippen LogP contribution >= 0.6 is 11.3 Å². The second kappa shape index (κ2) is 6.15. The summed E-state index contributed by atoms with van der Waals surface area (Å²) in [6.45, 7) is 2.07. The lowest BCUT2D eigenvalue weighted by Gasteiger charge is -2.35. The van der Waals surface area contributed by atoms with Gasteiger partial charge in [0.1, 0.15) is 11.3 Å². The lowest BCUT2D eigenvalue weighted by atomic mass is 9.81. The van der Waals surface area contributed by atoms with Gasteiger partial charge in [-0.05, 0) is 43.6 Å². The molecule has 0 amide bonds. The number of hydrogen-bond donors (Lipinski definition) is 0. The molecule has 0 aliphatic heterocycles. The number of hydrogen-bond acceptors (Lipinski definition) is 5. The van der Waals surface area contributed by atoms with Crippen LogP contribution in [0.25, 0.3) is 21.3 Å². The molecule has 1 saturated carbocycles. The standard InChI is InChI=1S/C18H20N4OS/c1-11-21-15-10-20-14-6-8-24-18(14)17(15)22(11)13-4-3-12(5-7-19)16(9-13)23-2/h6,8,10,12-13,16H,3-5,9H2,1-2H3/t12-,13+,16+/m1/s1. The SMILES string of the molecule is CO[C@H]1C[C@@H](n2c(C)nc3cnc4ccsc4c32)CC[C@@H]1CC#N. The number of fused-ring (bicyclic) bond motifs is 3.